The molecule has 0 N–H and O–H groups in total. The summed E-state index contributed by atoms with van der Waals surface area (Å²) >= 11 is 0. The molecule has 4 aliphatic carbocycles. The second-order valence-electron chi connectivity index (χ2n) is 12.4. The van der Waals surface area contributed by atoms with Gasteiger partial charge in [0.1, 0.15) is 0 Å². The van der Waals surface area contributed by atoms with E-state index in [2.05, 4.69) is 34.6 Å². The molecular formula is C27H48. The quantitative estimate of drug-likeness (QED) is 0.453. The average Bonchev–Trinajstić information content (AvgIpc) is 2.98. The van der Waals surface area contributed by atoms with Crippen LogP contribution < -0.4 is 0 Å². The van der Waals surface area contributed by atoms with Crippen LogP contribution in [0.1, 0.15) is 118 Å². The van der Waals surface area contributed by atoms with E-state index in [1.807, 2.05) is 0 Å². The Labute approximate surface area is 170 Å². The zero-order valence-electron chi connectivity index (χ0n) is 19.2. The number of hydrogen-bond acceptors (Lipinski definition) is 0. The summed E-state index contributed by atoms with van der Waals surface area (Å²) < 4.78 is 0. The Kier molecular flexibility index (Phi) is 5.77. The molecule has 0 aromatic carbocycles. The van der Waals surface area contributed by atoms with E-state index in [4.69, 9.17) is 0 Å². The van der Waals surface area contributed by atoms with Crippen molar-refractivity contribution >= 4 is 0 Å². The topological polar surface area (TPSA) is 0 Å². The third kappa shape index (κ3) is 3.44. The van der Waals surface area contributed by atoms with Crippen molar-refractivity contribution in [2.24, 2.45) is 52.3 Å². The van der Waals surface area contributed by atoms with Crippen LogP contribution in [0.5, 0.6) is 0 Å². The molecule has 0 amide bonds. The van der Waals surface area contributed by atoms with Gasteiger partial charge in [-0.2, -0.15) is 0 Å². The minimum atomic E-state index is 0.677. The molecule has 156 valence electrons. The average molecular weight is 373 g/mol. The molecule has 4 saturated carbocycles. The van der Waals surface area contributed by atoms with Crippen molar-refractivity contribution in [3.63, 3.8) is 0 Å². The largest absolute Gasteiger partial charge is 0.0628 e. The van der Waals surface area contributed by atoms with Gasteiger partial charge >= 0.3 is 0 Å². The molecule has 0 bridgehead atoms. The molecule has 0 saturated heterocycles. The molecule has 27 heavy (non-hydrogen) atoms. The Morgan fingerprint density at radius 1 is 0.741 bits per heavy atom. The normalized spacial score (nSPS) is 48.0. The molecule has 0 aliphatic heterocycles. The molecule has 4 aliphatic rings. The summed E-state index contributed by atoms with van der Waals surface area (Å²) in [6.45, 7) is 12.9. The number of fused-ring (bicyclic) bond motifs is 5. The summed E-state index contributed by atoms with van der Waals surface area (Å²) in [7, 11) is 0. The molecule has 8 atom stereocenters. The van der Waals surface area contributed by atoms with E-state index >= 15 is 0 Å². The Bertz CT molecular complexity index is 506. The molecule has 0 nitrogen and oxygen atoms in total. The van der Waals surface area contributed by atoms with Gasteiger partial charge in [-0.1, -0.05) is 66.7 Å². The van der Waals surface area contributed by atoms with E-state index in [9.17, 15) is 0 Å². The second-order valence-corrected chi connectivity index (χ2v) is 12.4. The van der Waals surface area contributed by atoms with E-state index in [1.165, 1.54) is 32.1 Å². The lowest BCUT2D eigenvalue weighted by atomic mass is 9.44. The van der Waals surface area contributed by atoms with Crippen LogP contribution in [0.3, 0.4) is 0 Å². The third-order valence-corrected chi connectivity index (χ3v) is 10.8. The molecule has 0 aromatic heterocycles. The maximum absolute atomic E-state index is 2.75. The first kappa shape index (κ1) is 20.3. The number of hydrogen-bond donors (Lipinski definition) is 0. The molecule has 0 heterocycles. The molecule has 7 unspecified atom stereocenters. The SMILES string of the molecule is CC(C)CCCC(C)C1CCC2C3CC[C@H]4CCCCC4(C)C3CCC12C. The minimum Gasteiger partial charge on any atom is -0.0628 e. The van der Waals surface area contributed by atoms with Gasteiger partial charge in [0.15, 0.2) is 0 Å². The summed E-state index contributed by atoms with van der Waals surface area (Å²) in [4.78, 5) is 0. The van der Waals surface area contributed by atoms with Gasteiger partial charge in [0.2, 0.25) is 0 Å². The highest BCUT2D eigenvalue weighted by atomic mass is 14.6. The fourth-order valence-corrected chi connectivity index (χ4v) is 9.32. The number of rotatable bonds is 5. The van der Waals surface area contributed by atoms with Crippen molar-refractivity contribution in [1.82, 2.24) is 0 Å². The first-order valence-corrected chi connectivity index (χ1v) is 12.9. The van der Waals surface area contributed by atoms with Gasteiger partial charge in [-0.05, 0) is 104 Å². The smallest absolute Gasteiger partial charge is 0.0264 e. The first-order valence-electron chi connectivity index (χ1n) is 12.9. The lowest BCUT2D eigenvalue weighted by molar-refractivity contribution is -0.114. The fourth-order valence-electron chi connectivity index (χ4n) is 9.32. The van der Waals surface area contributed by atoms with Crippen LogP contribution in [0.25, 0.3) is 0 Å². The van der Waals surface area contributed by atoms with Gasteiger partial charge in [0.25, 0.3) is 0 Å². The van der Waals surface area contributed by atoms with Gasteiger partial charge in [-0.3, -0.25) is 0 Å². The predicted octanol–water partition coefficient (Wildman–Crippen LogP) is 8.50. The van der Waals surface area contributed by atoms with Gasteiger partial charge in [-0.15, -0.1) is 0 Å². The highest BCUT2D eigenvalue weighted by Crippen LogP contribution is 2.68. The van der Waals surface area contributed by atoms with E-state index < -0.39 is 0 Å². The van der Waals surface area contributed by atoms with Crippen molar-refractivity contribution < 1.29 is 0 Å². The van der Waals surface area contributed by atoms with Crippen LogP contribution in [0.15, 0.2) is 0 Å². The van der Waals surface area contributed by atoms with E-state index in [0.29, 0.717) is 10.8 Å². The molecule has 4 fully saturated rings. The Balaban J connectivity index is 1.46. The summed E-state index contributed by atoms with van der Waals surface area (Å²) in [5.74, 6) is 7.15. The van der Waals surface area contributed by atoms with Crippen molar-refractivity contribution in [3.8, 4) is 0 Å². The van der Waals surface area contributed by atoms with Gasteiger partial charge in [-0.25, -0.2) is 0 Å². The maximum atomic E-state index is 2.75. The molecule has 0 aromatic rings. The molecular weight excluding hydrogens is 324 g/mol. The van der Waals surface area contributed by atoms with E-state index in [-0.39, 0.29) is 0 Å². The van der Waals surface area contributed by atoms with Crippen LogP contribution in [-0.4, -0.2) is 0 Å². The highest BCUT2D eigenvalue weighted by molar-refractivity contribution is 5.09. The maximum Gasteiger partial charge on any atom is -0.0264 e. The summed E-state index contributed by atoms with van der Waals surface area (Å²) in [5, 5.41) is 0. The molecule has 0 radical (unpaired) electrons. The Hall–Kier alpha value is 0. The monoisotopic (exact) mass is 372 g/mol. The second kappa shape index (κ2) is 7.68. The van der Waals surface area contributed by atoms with Crippen LogP contribution in [0, 0.1) is 52.3 Å². The lowest BCUT2D eigenvalue weighted by Gasteiger charge is -2.61. The minimum absolute atomic E-state index is 0.677. The van der Waals surface area contributed by atoms with Crippen molar-refractivity contribution in [2.45, 2.75) is 118 Å². The molecule has 0 spiro atoms. The highest BCUT2D eigenvalue weighted by Gasteiger charge is 2.59. The van der Waals surface area contributed by atoms with E-state index in [1.54, 1.807) is 51.4 Å². The van der Waals surface area contributed by atoms with Crippen molar-refractivity contribution in [2.75, 3.05) is 0 Å². The van der Waals surface area contributed by atoms with Crippen LogP contribution in [0.2, 0.25) is 0 Å². The molecule has 0 heteroatoms. The Morgan fingerprint density at radius 3 is 2.30 bits per heavy atom. The van der Waals surface area contributed by atoms with Gasteiger partial charge in [0.05, 0.1) is 0 Å². The summed E-state index contributed by atoms with van der Waals surface area (Å²) in [5.41, 5.74) is 1.39. The van der Waals surface area contributed by atoms with Crippen molar-refractivity contribution in [1.29, 1.82) is 0 Å². The lowest BCUT2D eigenvalue weighted by Crippen LogP contribution is -2.53. The van der Waals surface area contributed by atoms with Crippen LogP contribution in [-0.2, 0) is 0 Å². The zero-order valence-corrected chi connectivity index (χ0v) is 19.2. The van der Waals surface area contributed by atoms with Crippen LogP contribution >= 0.6 is 0 Å². The fraction of sp³-hybridized carbons (Fsp3) is 1.00. The zero-order chi connectivity index (χ0) is 19.2. The third-order valence-electron chi connectivity index (χ3n) is 10.8. The van der Waals surface area contributed by atoms with Crippen molar-refractivity contribution in [3.05, 3.63) is 0 Å². The van der Waals surface area contributed by atoms with E-state index in [0.717, 1.165) is 41.4 Å². The van der Waals surface area contributed by atoms with Gasteiger partial charge in [0, 0.05) is 0 Å². The predicted molar refractivity (Wildman–Crippen MR) is 118 cm³/mol. The standard InChI is InChI=1S/C27H48/c1-19(2)9-8-10-20(3)23-14-15-24-22-13-12-21-11-6-7-17-26(21,4)25(22)16-18-27(23,24)5/h19-25H,6-18H2,1-5H3/t20?,21-,22?,23?,24?,25?,26?,27?/m1/s1. The van der Waals surface area contributed by atoms with Gasteiger partial charge < -0.3 is 0 Å². The van der Waals surface area contributed by atoms with Crippen LogP contribution in [0.4, 0.5) is 0 Å². The first-order chi connectivity index (χ1) is 12.9. The summed E-state index contributed by atoms with van der Waals surface area (Å²) in [6.07, 6.45) is 19.9. The summed E-state index contributed by atoms with van der Waals surface area (Å²) in [6, 6.07) is 0. The molecule has 4 rings (SSSR count). The Morgan fingerprint density at radius 2 is 1.52 bits per heavy atom.